The van der Waals surface area contributed by atoms with Crippen molar-refractivity contribution in [2.45, 2.75) is 45.6 Å². The van der Waals surface area contributed by atoms with E-state index in [2.05, 4.69) is 28.1 Å². The van der Waals surface area contributed by atoms with E-state index in [1.54, 1.807) is 0 Å². The highest BCUT2D eigenvalue weighted by Crippen LogP contribution is 2.18. The van der Waals surface area contributed by atoms with E-state index >= 15 is 0 Å². The molecule has 0 saturated heterocycles. The van der Waals surface area contributed by atoms with Crippen molar-refractivity contribution in [1.82, 2.24) is 14.9 Å². The first-order valence-corrected chi connectivity index (χ1v) is 12.1. The quantitative estimate of drug-likeness (QED) is 0.287. The lowest BCUT2D eigenvalue weighted by atomic mass is 10.1. The van der Waals surface area contributed by atoms with Crippen molar-refractivity contribution in [2.24, 2.45) is 0 Å². The minimum atomic E-state index is 0.0921. The molecule has 5 nitrogen and oxygen atoms in total. The van der Waals surface area contributed by atoms with E-state index in [1.165, 1.54) is 0 Å². The fraction of sp³-hybridized carbons (Fsp3) is 0.310. The zero-order valence-corrected chi connectivity index (χ0v) is 19.9. The van der Waals surface area contributed by atoms with Crippen molar-refractivity contribution in [2.75, 3.05) is 13.2 Å². The lowest BCUT2D eigenvalue weighted by Crippen LogP contribution is -2.26. The summed E-state index contributed by atoms with van der Waals surface area (Å²) in [5.41, 5.74) is 4.43. The number of ether oxygens (including phenoxy) is 1. The number of amides is 1. The largest absolute Gasteiger partial charge is 0.492 e. The molecule has 0 radical (unpaired) electrons. The van der Waals surface area contributed by atoms with Crippen LogP contribution in [0.1, 0.15) is 36.2 Å². The summed E-state index contributed by atoms with van der Waals surface area (Å²) >= 11 is 0. The molecule has 5 heteroatoms. The van der Waals surface area contributed by atoms with Crippen LogP contribution in [-0.2, 0) is 24.2 Å². The van der Waals surface area contributed by atoms with Crippen LogP contribution in [0.25, 0.3) is 11.0 Å². The third-order valence-electron chi connectivity index (χ3n) is 6.07. The third kappa shape index (κ3) is 6.47. The van der Waals surface area contributed by atoms with E-state index in [-0.39, 0.29) is 5.91 Å². The van der Waals surface area contributed by atoms with Crippen LogP contribution in [0.15, 0.2) is 78.9 Å². The number of nitrogens with zero attached hydrogens (tertiary/aromatic N) is 2. The first-order valence-electron chi connectivity index (χ1n) is 12.1. The Morgan fingerprint density at radius 3 is 2.53 bits per heavy atom. The van der Waals surface area contributed by atoms with Crippen LogP contribution in [-0.4, -0.2) is 28.6 Å². The Labute approximate surface area is 201 Å². The van der Waals surface area contributed by atoms with E-state index in [0.717, 1.165) is 66.0 Å². The van der Waals surface area contributed by atoms with E-state index in [9.17, 15) is 4.79 Å². The lowest BCUT2D eigenvalue weighted by Gasteiger charge is -2.11. The van der Waals surface area contributed by atoms with Gasteiger partial charge in [0.25, 0.3) is 0 Å². The topological polar surface area (TPSA) is 56.2 Å². The van der Waals surface area contributed by atoms with E-state index in [4.69, 9.17) is 9.72 Å². The molecule has 176 valence electrons. The second-order valence-corrected chi connectivity index (χ2v) is 8.59. The van der Waals surface area contributed by atoms with Gasteiger partial charge in [-0.05, 0) is 55.2 Å². The van der Waals surface area contributed by atoms with Crippen LogP contribution in [0.2, 0.25) is 0 Å². The smallest absolute Gasteiger partial charge is 0.224 e. The van der Waals surface area contributed by atoms with Crippen molar-refractivity contribution in [3.8, 4) is 5.75 Å². The molecule has 0 spiro atoms. The summed E-state index contributed by atoms with van der Waals surface area (Å²) in [7, 11) is 0. The SMILES string of the molecule is Cc1ccccc1CC(=O)NCCCCCc1nc2ccccc2n1CCOc1ccccc1. The monoisotopic (exact) mass is 455 g/mol. The fourth-order valence-corrected chi connectivity index (χ4v) is 4.19. The molecular formula is C29H33N3O2. The Balaban J connectivity index is 1.23. The average molecular weight is 456 g/mol. The standard InChI is InChI=1S/C29H33N3O2/c1-23-12-7-8-13-24(23)22-29(33)30-19-11-3-6-18-28-31-26-16-9-10-17-27(26)32(28)20-21-34-25-14-4-2-5-15-25/h2,4-5,7-10,12-17H,3,6,11,18-22H2,1H3,(H,30,33). The van der Waals surface area contributed by atoms with Gasteiger partial charge in [-0.1, -0.05) is 61.0 Å². The summed E-state index contributed by atoms with van der Waals surface area (Å²) in [5.74, 6) is 2.08. The van der Waals surface area contributed by atoms with Crippen molar-refractivity contribution >= 4 is 16.9 Å². The zero-order chi connectivity index (χ0) is 23.6. The third-order valence-corrected chi connectivity index (χ3v) is 6.07. The van der Waals surface area contributed by atoms with Crippen molar-refractivity contribution in [3.05, 3.63) is 95.8 Å². The minimum absolute atomic E-state index is 0.0921. The number of carbonyl (C=O) groups is 1. The number of nitrogens with one attached hydrogen (secondary N) is 1. The molecule has 1 N–H and O–H groups in total. The van der Waals surface area contributed by atoms with Crippen LogP contribution >= 0.6 is 0 Å². The molecule has 1 aromatic heterocycles. The predicted molar refractivity (Wildman–Crippen MR) is 137 cm³/mol. The fourth-order valence-electron chi connectivity index (χ4n) is 4.19. The molecule has 34 heavy (non-hydrogen) atoms. The Hall–Kier alpha value is -3.60. The number of fused-ring (bicyclic) bond motifs is 1. The van der Waals surface area contributed by atoms with Gasteiger partial charge in [-0.2, -0.15) is 0 Å². The molecular weight excluding hydrogens is 422 g/mol. The maximum absolute atomic E-state index is 12.2. The van der Waals surface area contributed by atoms with Gasteiger partial charge in [-0.15, -0.1) is 0 Å². The van der Waals surface area contributed by atoms with Gasteiger partial charge in [0.2, 0.25) is 5.91 Å². The number of carbonyl (C=O) groups excluding carboxylic acids is 1. The maximum atomic E-state index is 12.2. The number of aryl methyl sites for hydroxylation is 2. The first-order chi connectivity index (χ1) is 16.7. The molecule has 0 unspecified atom stereocenters. The number of hydrogen-bond donors (Lipinski definition) is 1. The Kier molecular flexibility index (Phi) is 8.33. The number of hydrogen-bond acceptors (Lipinski definition) is 3. The molecule has 1 amide bonds. The van der Waals surface area contributed by atoms with Gasteiger partial charge < -0.3 is 14.6 Å². The van der Waals surface area contributed by atoms with E-state index in [0.29, 0.717) is 19.6 Å². The first kappa shape index (κ1) is 23.6. The predicted octanol–water partition coefficient (Wildman–Crippen LogP) is 5.50. The molecule has 0 aliphatic carbocycles. The van der Waals surface area contributed by atoms with Gasteiger partial charge in [-0.3, -0.25) is 4.79 Å². The molecule has 3 aromatic carbocycles. The van der Waals surface area contributed by atoms with E-state index in [1.807, 2.05) is 67.6 Å². The Morgan fingerprint density at radius 2 is 1.68 bits per heavy atom. The normalized spacial score (nSPS) is 11.0. The van der Waals surface area contributed by atoms with Crippen molar-refractivity contribution in [3.63, 3.8) is 0 Å². The van der Waals surface area contributed by atoms with Gasteiger partial charge in [0.1, 0.15) is 18.2 Å². The summed E-state index contributed by atoms with van der Waals surface area (Å²) in [4.78, 5) is 17.1. The number of para-hydroxylation sites is 3. The van der Waals surface area contributed by atoms with Gasteiger partial charge in [0.15, 0.2) is 0 Å². The van der Waals surface area contributed by atoms with Gasteiger partial charge >= 0.3 is 0 Å². The number of aromatic nitrogens is 2. The second-order valence-electron chi connectivity index (χ2n) is 8.59. The molecule has 4 rings (SSSR count). The molecule has 0 fully saturated rings. The average Bonchev–Trinajstić information content (AvgIpc) is 3.21. The molecule has 0 aliphatic heterocycles. The molecule has 1 heterocycles. The number of benzene rings is 3. The molecule has 0 saturated carbocycles. The Bertz CT molecular complexity index is 1200. The van der Waals surface area contributed by atoms with Crippen molar-refractivity contribution < 1.29 is 9.53 Å². The second kappa shape index (κ2) is 12.0. The van der Waals surface area contributed by atoms with Gasteiger partial charge in [-0.25, -0.2) is 4.98 Å². The highest BCUT2D eigenvalue weighted by molar-refractivity contribution is 5.78. The summed E-state index contributed by atoms with van der Waals surface area (Å²) in [6.07, 6.45) is 4.42. The summed E-state index contributed by atoms with van der Waals surface area (Å²) < 4.78 is 8.20. The van der Waals surface area contributed by atoms with Gasteiger partial charge in [0, 0.05) is 13.0 Å². The van der Waals surface area contributed by atoms with Crippen LogP contribution in [0.5, 0.6) is 5.75 Å². The van der Waals surface area contributed by atoms with Gasteiger partial charge in [0.05, 0.1) is 24.0 Å². The number of imidazole rings is 1. The highest BCUT2D eigenvalue weighted by Gasteiger charge is 2.10. The van der Waals surface area contributed by atoms with Crippen LogP contribution in [0, 0.1) is 6.92 Å². The summed E-state index contributed by atoms with van der Waals surface area (Å²) in [6, 6.07) is 26.2. The number of rotatable bonds is 12. The highest BCUT2D eigenvalue weighted by atomic mass is 16.5. The van der Waals surface area contributed by atoms with E-state index < -0.39 is 0 Å². The summed E-state index contributed by atoms with van der Waals surface area (Å²) in [6.45, 7) is 4.12. The summed E-state index contributed by atoms with van der Waals surface area (Å²) in [5, 5.41) is 3.06. The zero-order valence-electron chi connectivity index (χ0n) is 19.9. The van der Waals surface area contributed by atoms with Crippen LogP contribution < -0.4 is 10.1 Å². The van der Waals surface area contributed by atoms with Crippen LogP contribution in [0.3, 0.4) is 0 Å². The number of unbranched alkanes of at least 4 members (excludes halogenated alkanes) is 2. The molecule has 0 atom stereocenters. The van der Waals surface area contributed by atoms with Crippen molar-refractivity contribution in [1.29, 1.82) is 0 Å². The van der Waals surface area contributed by atoms with Crippen LogP contribution in [0.4, 0.5) is 0 Å². The molecule has 4 aromatic rings. The molecule has 0 bridgehead atoms. The minimum Gasteiger partial charge on any atom is -0.492 e. The maximum Gasteiger partial charge on any atom is 0.224 e. The molecule has 0 aliphatic rings. The Morgan fingerprint density at radius 1 is 0.912 bits per heavy atom. The lowest BCUT2D eigenvalue weighted by molar-refractivity contribution is -0.120.